The molecule has 2 atom stereocenters. The van der Waals surface area contributed by atoms with E-state index in [1.54, 1.807) is 24.6 Å². The molecule has 4 heteroatoms. The van der Waals surface area contributed by atoms with Gasteiger partial charge in [0.1, 0.15) is 11.5 Å². The first kappa shape index (κ1) is 20.1. The van der Waals surface area contributed by atoms with Gasteiger partial charge in [0.05, 0.1) is 6.04 Å². The Morgan fingerprint density at radius 3 is 2.07 bits per heavy atom. The van der Waals surface area contributed by atoms with Crippen LogP contribution in [0.3, 0.4) is 0 Å². The Morgan fingerprint density at radius 1 is 0.893 bits per heavy atom. The van der Waals surface area contributed by atoms with Crippen LogP contribution in [0.25, 0.3) is 0 Å². The molecule has 1 aliphatic carbocycles. The predicted octanol–water partition coefficient (Wildman–Crippen LogP) is 5.22. The zero-order valence-electron chi connectivity index (χ0n) is 17.0. The SMILES string of the molecule is CC1(C)C[C@@H](N=Cc2ccccc2O)C[C@@](C)(CN=Cc2ccccc2O)C1. The Bertz CT molecular complexity index is 872. The molecule has 2 N–H and O–H groups in total. The van der Waals surface area contributed by atoms with Crippen molar-refractivity contribution in [3.05, 3.63) is 59.7 Å². The van der Waals surface area contributed by atoms with Gasteiger partial charge >= 0.3 is 0 Å². The molecule has 2 aromatic carbocycles. The van der Waals surface area contributed by atoms with Crippen molar-refractivity contribution >= 4 is 12.4 Å². The zero-order valence-corrected chi connectivity index (χ0v) is 17.0. The number of rotatable bonds is 5. The summed E-state index contributed by atoms with van der Waals surface area (Å²) in [6.45, 7) is 7.56. The number of nitrogens with zero attached hydrogens (tertiary/aromatic N) is 2. The van der Waals surface area contributed by atoms with Crippen molar-refractivity contribution in [1.29, 1.82) is 0 Å². The molecule has 1 aliphatic rings. The van der Waals surface area contributed by atoms with E-state index in [9.17, 15) is 10.2 Å². The van der Waals surface area contributed by atoms with E-state index >= 15 is 0 Å². The highest BCUT2D eigenvalue weighted by molar-refractivity contribution is 5.83. The van der Waals surface area contributed by atoms with Crippen LogP contribution >= 0.6 is 0 Å². The molecule has 28 heavy (non-hydrogen) atoms. The number of hydrogen-bond acceptors (Lipinski definition) is 4. The van der Waals surface area contributed by atoms with Crippen LogP contribution in [0.4, 0.5) is 0 Å². The molecule has 0 aliphatic heterocycles. The largest absolute Gasteiger partial charge is 0.507 e. The summed E-state index contributed by atoms with van der Waals surface area (Å²) in [6.07, 6.45) is 6.63. The van der Waals surface area contributed by atoms with Gasteiger partial charge in [0, 0.05) is 30.1 Å². The Balaban J connectivity index is 1.72. The van der Waals surface area contributed by atoms with Gasteiger partial charge in [-0.15, -0.1) is 0 Å². The van der Waals surface area contributed by atoms with Gasteiger partial charge in [0.25, 0.3) is 0 Å². The van der Waals surface area contributed by atoms with Gasteiger partial charge in [-0.1, -0.05) is 45.0 Å². The second-order valence-electron chi connectivity index (χ2n) is 9.08. The Morgan fingerprint density at radius 2 is 1.46 bits per heavy atom. The molecule has 3 rings (SSSR count). The van der Waals surface area contributed by atoms with E-state index in [1.807, 2.05) is 36.4 Å². The second kappa shape index (κ2) is 8.17. The quantitative estimate of drug-likeness (QED) is 0.701. The van der Waals surface area contributed by atoms with E-state index < -0.39 is 0 Å². The lowest BCUT2D eigenvalue weighted by molar-refractivity contribution is 0.0918. The summed E-state index contributed by atoms with van der Waals surface area (Å²) < 4.78 is 0. The fourth-order valence-corrected chi connectivity index (χ4v) is 4.55. The maximum atomic E-state index is 9.96. The minimum absolute atomic E-state index is 0.0450. The van der Waals surface area contributed by atoms with Crippen molar-refractivity contribution in [3.8, 4) is 11.5 Å². The van der Waals surface area contributed by atoms with E-state index in [-0.39, 0.29) is 28.4 Å². The minimum Gasteiger partial charge on any atom is -0.507 e. The molecule has 148 valence electrons. The van der Waals surface area contributed by atoms with E-state index in [4.69, 9.17) is 4.99 Å². The van der Waals surface area contributed by atoms with Crippen molar-refractivity contribution < 1.29 is 10.2 Å². The summed E-state index contributed by atoms with van der Waals surface area (Å²) in [7, 11) is 0. The normalized spacial score (nSPS) is 24.8. The topological polar surface area (TPSA) is 65.2 Å². The summed E-state index contributed by atoms with van der Waals surface area (Å²) in [5.41, 5.74) is 1.72. The summed E-state index contributed by atoms with van der Waals surface area (Å²) in [5, 5.41) is 19.9. The van der Waals surface area contributed by atoms with E-state index in [0.29, 0.717) is 6.54 Å². The van der Waals surface area contributed by atoms with Crippen LogP contribution < -0.4 is 0 Å². The smallest absolute Gasteiger partial charge is 0.124 e. The fraction of sp³-hybridized carbons (Fsp3) is 0.417. The highest BCUT2D eigenvalue weighted by atomic mass is 16.3. The van der Waals surface area contributed by atoms with Crippen LogP contribution in [0.1, 0.15) is 51.2 Å². The molecule has 2 aromatic rings. The molecule has 0 radical (unpaired) electrons. The van der Waals surface area contributed by atoms with Gasteiger partial charge in [-0.05, 0) is 54.4 Å². The van der Waals surface area contributed by atoms with Crippen LogP contribution in [0, 0.1) is 10.8 Å². The standard InChI is InChI=1S/C24H30N2O2/c1-23(2)12-20(26-15-19-9-5-7-11-22(19)28)13-24(3,16-23)17-25-14-18-8-4-6-10-21(18)27/h4-11,14-15,20,27-28H,12-13,16-17H2,1-3H3/t20-,24-/m1/s1. The lowest BCUT2D eigenvalue weighted by atomic mass is 9.63. The van der Waals surface area contributed by atoms with Crippen LogP contribution in [0.2, 0.25) is 0 Å². The lowest BCUT2D eigenvalue weighted by Gasteiger charge is -2.45. The number of hydrogen-bond donors (Lipinski definition) is 2. The summed E-state index contributed by atoms with van der Waals surface area (Å²) >= 11 is 0. The maximum absolute atomic E-state index is 9.96. The average molecular weight is 379 g/mol. The minimum atomic E-state index is 0.0450. The highest BCUT2D eigenvalue weighted by Gasteiger charge is 2.40. The Labute approximate surface area is 167 Å². The van der Waals surface area contributed by atoms with E-state index in [2.05, 4.69) is 25.8 Å². The Kier molecular flexibility index (Phi) is 5.87. The maximum Gasteiger partial charge on any atom is 0.124 e. The highest BCUT2D eigenvalue weighted by Crippen LogP contribution is 2.47. The molecule has 0 heterocycles. The number of benzene rings is 2. The summed E-state index contributed by atoms with van der Waals surface area (Å²) in [4.78, 5) is 9.46. The molecule has 0 aromatic heterocycles. The molecule has 0 unspecified atom stereocenters. The van der Waals surface area contributed by atoms with Crippen molar-refractivity contribution in [2.45, 2.75) is 46.1 Å². The van der Waals surface area contributed by atoms with Crippen molar-refractivity contribution in [3.63, 3.8) is 0 Å². The first-order valence-electron chi connectivity index (χ1n) is 9.85. The van der Waals surface area contributed by atoms with Gasteiger partial charge in [-0.3, -0.25) is 9.98 Å². The first-order chi connectivity index (χ1) is 13.3. The first-order valence-corrected chi connectivity index (χ1v) is 9.85. The Hall–Kier alpha value is -2.62. The van der Waals surface area contributed by atoms with Gasteiger partial charge < -0.3 is 10.2 Å². The molecular weight excluding hydrogens is 348 g/mol. The average Bonchev–Trinajstić information content (AvgIpc) is 2.61. The zero-order chi connectivity index (χ0) is 20.2. The van der Waals surface area contributed by atoms with Gasteiger partial charge in [0.15, 0.2) is 0 Å². The summed E-state index contributed by atoms with van der Waals surface area (Å²) in [5.74, 6) is 0.516. The molecule has 4 nitrogen and oxygen atoms in total. The molecule has 0 bridgehead atoms. The number of aromatic hydroxyl groups is 2. The molecular formula is C24H30N2O2. The van der Waals surface area contributed by atoms with Crippen molar-refractivity contribution in [1.82, 2.24) is 0 Å². The number of para-hydroxylation sites is 2. The molecule has 0 amide bonds. The third-order valence-electron chi connectivity index (χ3n) is 5.42. The van der Waals surface area contributed by atoms with Crippen LogP contribution in [0.5, 0.6) is 11.5 Å². The number of aliphatic imine (C=N–C) groups is 2. The molecule has 0 saturated heterocycles. The third kappa shape index (κ3) is 5.22. The third-order valence-corrected chi connectivity index (χ3v) is 5.42. The lowest BCUT2D eigenvalue weighted by Crippen LogP contribution is -2.39. The number of phenolic OH excluding ortho intramolecular Hbond substituents is 2. The van der Waals surface area contributed by atoms with Gasteiger partial charge in [-0.25, -0.2) is 0 Å². The van der Waals surface area contributed by atoms with Gasteiger partial charge in [-0.2, -0.15) is 0 Å². The summed E-state index contributed by atoms with van der Waals surface area (Å²) in [6, 6.07) is 14.7. The molecule has 0 spiro atoms. The van der Waals surface area contributed by atoms with Crippen LogP contribution in [-0.2, 0) is 0 Å². The predicted molar refractivity (Wildman–Crippen MR) is 116 cm³/mol. The fourth-order valence-electron chi connectivity index (χ4n) is 4.55. The molecule has 1 saturated carbocycles. The monoisotopic (exact) mass is 378 g/mol. The van der Waals surface area contributed by atoms with E-state index in [0.717, 1.165) is 30.4 Å². The van der Waals surface area contributed by atoms with Crippen molar-refractivity contribution in [2.75, 3.05) is 6.54 Å². The molecule has 1 fully saturated rings. The second-order valence-corrected chi connectivity index (χ2v) is 9.08. The van der Waals surface area contributed by atoms with Crippen LogP contribution in [0.15, 0.2) is 58.5 Å². The van der Waals surface area contributed by atoms with Crippen LogP contribution in [-0.4, -0.2) is 35.2 Å². The van der Waals surface area contributed by atoms with Crippen molar-refractivity contribution in [2.24, 2.45) is 20.8 Å². The van der Waals surface area contributed by atoms with E-state index in [1.165, 1.54) is 0 Å². The number of phenols is 2. The van der Waals surface area contributed by atoms with Gasteiger partial charge in [0.2, 0.25) is 0 Å².